The van der Waals surface area contributed by atoms with E-state index in [1.165, 1.54) is 32.1 Å². The molecule has 29 heavy (non-hydrogen) atoms. The topological polar surface area (TPSA) is 103 Å². The highest BCUT2D eigenvalue weighted by Gasteiger charge is 2.20. The molecule has 1 aliphatic heterocycles. The molecular weight excluding hydrogens is 408 g/mol. The van der Waals surface area contributed by atoms with Crippen LogP contribution in [0.25, 0.3) is 0 Å². The molecule has 1 saturated heterocycles. The number of rotatable bonds is 5. The van der Waals surface area contributed by atoms with E-state index in [2.05, 4.69) is 14.9 Å². The summed E-state index contributed by atoms with van der Waals surface area (Å²) in [5, 5.41) is 9.92. The maximum atomic E-state index is 9.44. The van der Waals surface area contributed by atoms with Crippen LogP contribution >= 0.6 is 23.4 Å². The van der Waals surface area contributed by atoms with Crippen LogP contribution in [0.2, 0.25) is 0 Å². The Morgan fingerprint density at radius 3 is 2.38 bits per heavy atom. The number of amidine groups is 1. The number of anilines is 1. The van der Waals surface area contributed by atoms with Gasteiger partial charge in [-0.15, -0.1) is 0 Å². The Labute approximate surface area is 182 Å². The lowest BCUT2D eigenvalue weighted by atomic mass is 9.91. The zero-order valence-electron chi connectivity index (χ0n) is 16.7. The molecule has 0 bridgehead atoms. The van der Waals surface area contributed by atoms with Gasteiger partial charge in [-0.2, -0.15) is 4.99 Å². The number of thioether (sulfide) groups is 1. The molecule has 7 nitrogen and oxygen atoms in total. The maximum Gasteiger partial charge on any atom is 0.222 e. The van der Waals surface area contributed by atoms with Gasteiger partial charge < -0.3 is 21.5 Å². The van der Waals surface area contributed by atoms with Crippen LogP contribution in [0, 0.1) is 5.92 Å². The van der Waals surface area contributed by atoms with Crippen molar-refractivity contribution in [2.45, 2.75) is 37.8 Å². The molecule has 160 valence electrons. The number of nitrogens with two attached hydrogens (primary N) is 2. The number of aliphatic hydroxyl groups excluding tert-OH is 1. The predicted octanol–water partition coefficient (Wildman–Crippen LogP) is 2.90. The molecule has 1 aromatic rings. The standard InChI is InChI=1S/C20H31ClN6OS/c21-18(28)27-12-10-26(11-13-27)17-8-6-16(7-9-17)24-19(22)25-20(23)29-14-15-4-2-1-3-5-15/h6-9,15,18,28H,1-5,10-14H2,(H4,22,23,24,25). The Morgan fingerprint density at radius 2 is 1.76 bits per heavy atom. The van der Waals surface area contributed by atoms with Crippen LogP contribution in [0.1, 0.15) is 32.1 Å². The molecule has 5 N–H and O–H groups in total. The van der Waals surface area contributed by atoms with Crippen LogP contribution in [0.15, 0.2) is 34.3 Å². The zero-order valence-corrected chi connectivity index (χ0v) is 18.3. The number of piperazine rings is 1. The minimum absolute atomic E-state index is 0.177. The quantitative estimate of drug-likeness (QED) is 0.282. The van der Waals surface area contributed by atoms with Gasteiger partial charge in [0, 0.05) is 37.6 Å². The molecule has 1 aromatic carbocycles. The Morgan fingerprint density at radius 1 is 1.10 bits per heavy atom. The molecule has 0 spiro atoms. The lowest BCUT2D eigenvalue weighted by Crippen LogP contribution is -2.48. The minimum Gasteiger partial charge on any atom is -0.378 e. The second kappa shape index (κ2) is 11.1. The average molecular weight is 439 g/mol. The third-order valence-electron chi connectivity index (χ3n) is 5.49. The summed E-state index contributed by atoms with van der Waals surface area (Å²) in [5.74, 6) is 1.92. The van der Waals surface area contributed by atoms with Crippen molar-refractivity contribution >= 4 is 45.9 Å². The molecule has 0 radical (unpaired) electrons. The van der Waals surface area contributed by atoms with E-state index in [-0.39, 0.29) is 5.96 Å². The first-order chi connectivity index (χ1) is 14.0. The Balaban J connectivity index is 1.50. The molecule has 3 rings (SSSR count). The van der Waals surface area contributed by atoms with Gasteiger partial charge in [-0.1, -0.05) is 42.6 Å². The van der Waals surface area contributed by atoms with Gasteiger partial charge in [-0.05, 0) is 43.0 Å². The van der Waals surface area contributed by atoms with Crippen molar-refractivity contribution in [2.24, 2.45) is 27.4 Å². The molecule has 1 unspecified atom stereocenters. The van der Waals surface area contributed by atoms with Gasteiger partial charge in [0.05, 0.1) is 5.69 Å². The number of nitrogens with zero attached hydrogens (tertiary/aromatic N) is 4. The van der Waals surface area contributed by atoms with Crippen LogP contribution in [0.3, 0.4) is 0 Å². The van der Waals surface area contributed by atoms with Crippen molar-refractivity contribution in [3.05, 3.63) is 24.3 Å². The summed E-state index contributed by atoms with van der Waals surface area (Å²) in [6, 6.07) is 7.88. The van der Waals surface area contributed by atoms with Crippen molar-refractivity contribution in [3.63, 3.8) is 0 Å². The third kappa shape index (κ3) is 7.06. The summed E-state index contributed by atoms with van der Waals surface area (Å²) < 4.78 is 0. The van der Waals surface area contributed by atoms with Crippen molar-refractivity contribution in [1.82, 2.24) is 4.90 Å². The summed E-state index contributed by atoms with van der Waals surface area (Å²) in [4.78, 5) is 12.7. The molecule has 0 aromatic heterocycles. The average Bonchev–Trinajstić information content (AvgIpc) is 2.73. The van der Waals surface area contributed by atoms with E-state index in [4.69, 9.17) is 23.1 Å². The number of aliphatic imine (C=N–C) groups is 2. The number of aliphatic hydroxyl groups is 1. The summed E-state index contributed by atoms with van der Waals surface area (Å²) in [7, 11) is 0. The van der Waals surface area contributed by atoms with E-state index in [0.29, 0.717) is 5.17 Å². The number of halogens is 1. The smallest absolute Gasteiger partial charge is 0.222 e. The third-order valence-corrected chi connectivity index (χ3v) is 6.79. The summed E-state index contributed by atoms with van der Waals surface area (Å²) >= 11 is 7.30. The second-order valence-electron chi connectivity index (χ2n) is 7.59. The molecule has 1 saturated carbocycles. The van der Waals surface area contributed by atoms with Gasteiger partial charge in [0.1, 0.15) is 0 Å². The number of hydrogen-bond acceptors (Lipinski definition) is 5. The molecule has 0 amide bonds. The van der Waals surface area contributed by atoms with Crippen LogP contribution in [0.5, 0.6) is 0 Å². The normalized spacial score (nSPS) is 21.4. The van der Waals surface area contributed by atoms with Gasteiger partial charge in [-0.25, -0.2) is 4.99 Å². The summed E-state index contributed by atoms with van der Waals surface area (Å²) in [5.41, 5.74) is 12.9. The van der Waals surface area contributed by atoms with E-state index < -0.39 is 5.69 Å². The van der Waals surface area contributed by atoms with Crippen LogP contribution < -0.4 is 16.4 Å². The van der Waals surface area contributed by atoms with Crippen LogP contribution in [-0.4, -0.2) is 58.8 Å². The lowest BCUT2D eigenvalue weighted by Gasteiger charge is -2.36. The fourth-order valence-electron chi connectivity index (χ4n) is 3.79. The largest absolute Gasteiger partial charge is 0.378 e. The molecule has 1 aliphatic carbocycles. The van der Waals surface area contributed by atoms with Crippen molar-refractivity contribution in [2.75, 3.05) is 36.8 Å². The lowest BCUT2D eigenvalue weighted by molar-refractivity contribution is 0.0647. The Hall–Kier alpha value is -1.48. The predicted molar refractivity (Wildman–Crippen MR) is 124 cm³/mol. The van der Waals surface area contributed by atoms with Crippen LogP contribution in [0.4, 0.5) is 11.4 Å². The molecular formula is C20H31ClN6OS. The monoisotopic (exact) mass is 438 g/mol. The van der Waals surface area contributed by atoms with Gasteiger partial charge in [0.25, 0.3) is 0 Å². The molecule has 1 heterocycles. The molecule has 2 fully saturated rings. The second-order valence-corrected chi connectivity index (χ2v) is 9.02. The van der Waals surface area contributed by atoms with E-state index >= 15 is 0 Å². The fourth-order valence-corrected chi connectivity index (χ4v) is 4.88. The van der Waals surface area contributed by atoms with E-state index in [9.17, 15) is 5.11 Å². The summed E-state index contributed by atoms with van der Waals surface area (Å²) in [6.45, 7) is 3.08. The zero-order chi connectivity index (χ0) is 20.6. The van der Waals surface area contributed by atoms with Crippen molar-refractivity contribution in [3.8, 4) is 0 Å². The highest BCUT2D eigenvalue weighted by Crippen LogP contribution is 2.27. The molecule has 9 heteroatoms. The number of guanidine groups is 1. The van der Waals surface area contributed by atoms with Gasteiger partial charge in [0.15, 0.2) is 10.9 Å². The number of hydrogen-bond donors (Lipinski definition) is 3. The maximum absolute atomic E-state index is 9.44. The number of alkyl halides is 1. The van der Waals surface area contributed by atoms with Gasteiger partial charge >= 0.3 is 0 Å². The van der Waals surface area contributed by atoms with E-state index in [1.807, 2.05) is 29.2 Å². The van der Waals surface area contributed by atoms with Gasteiger partial charge in [-0.3, -0.25) is 4.90 Å². The first-order valence-electron chi connectivity index (χ1n) is 10.2. The van der Waals surface area contributed by atoms with Crippen molar-refractivity contribution < 1.29 is 5.11 Å². The Bertz CT molecular complexity index is 697. The van der Waals surface area contributed by atoms with E-state index in [1.54, 1.807) is 11.8 Å². The number of benzene rings is 1. The Kier molecular flexibility index (Phi) is 8.47. The molecule has 2 aliphatic rings. The minimum atomic E-state index is -0.911. The first-order valence-corrected chi connectivity index (χ1v) is 11.7. The fraction of sp³-hybridized carbons (Fsp3) is 0.600. The van der Waals surface area contributed by atoms with Crippen molar-refractivity contribution in [1.29, 1.82) is 0 Å². The molecule has 1 atom stereocenters. The highest BCUT2D eigenvalue weighted by molar-refractivity contribution is 8.13. The van der Waals surface area contributed by atoms with Crippen LogP contribution in [-0.2, 0) is 0 Å². The SMILES string of the molecule is NC(=Nc1ccc(N2CCN(C(O)Cl)CC2)cc1)/N=C(\N)SCC1CCCCC1. The first kappa shape index (κ1) is 22.2. The van der Waals surface area contributed by atoms with E-state index in [0.717, 1.165) is 49.2 Å². The highest BCUT2D eigenvalue weighted by atomic mass is 35.5. The van der Waals surface area contributed by atoms with Gasteiger partial charge in [0.2, 0.25) is 5.96 Å². The summed E-state index contributed by atoms with van der Waals surface area (Å²) in [6.07, 6.45) is 6.59.